The number of piperazine rings is 1. The first-order valence-electron chi connectivity index (χ1n) is 7.54. The number of benzene rings is 1. The van der Waals surface area contributed by atoms with Crippen molar-refractivity contribution in [3.05, 3.63) is 35.4 Å². The van der Waals surface area contributed by atoms with E-state index in [2.05, 4.69) is 41.0 Å². The monoisotopic (exact) mass is 261 g/mol. The van der Waals surface area contributed by atoms with Gasteiger partial charge in [0.15, 0.2) is 0 Å². The van der Waals surface area contributed by atoms with Crippen LogP contribution in [0.4, 0.5) is 0 Å². The fraction of sp³-hybridized carbons (Fsp3) is 0.625. The normalized spacial score (nSPS) is 17.8. The third-order valence-electron chi connectivity index (χ3n) is 3.87. The van der Waals surface area contributed by atoms with Crippen LogP contribution in [-0.2, 0) is 13.0 Å². The van der Waals surface area contributed by atoms with Gasteiger partial charge in [0.2, 0.25) is 0 Å². The van der Waals surface area contributed by atoms with Crippen LogP contribution in [0, 0.1) is 0 Å². The fourth-order valence-corrected chi connectivity index (χ4v) is 2.72. The van der Waals surface area contributed by atoms with Crippen molar-refractivity contribution in [1.29, 1.82) is 0 Å². The first kappa shape index (κ1) is 14.5. The Labute approximate surface area is 117 Å². The third-order valence-corrected chi connectivity index (χ3v) is 3.87. The molecule has 0 aromatic heterocycles. The summed E-state index contributed by atoms with van der Waals surface area (Å²) >= 11 is 0. The number of hydrogen-bond acceptors (Lipinski definition) is 3. The van der Waals surface area contributed by atoms with E-state index >= 15 is 0 Å². The van der Waals surface area contributed by atoms with E-state index in [4.69, 9.17) is 5.73 Å². The highest BCUT2D eigenvalue weighted by Crippen LogP contribution is 2.10. The predicted octanol–water partition coefficient (Wildman–Crippen LogP) is 1.72. The molecule has 3 nitrogen and oxygen atoms in total. The molecule has 0 bridgehead atoms. The SMILES string of the molecule is CCCN1CCN(Cc2ccc(CCN)cc2)CC1. The summed E-state index contributed by atoms with van der Waals surface area (Å²) in [4.78, 5) is 5.13. The molecular formula is C16H27N3. The molecule has 0 spiro atoms. The molecule has 3 heteroatoms. The zero-order valence-electron chi connectivity index (χ0n) is 12.1. The minimum Gasteiger partial charge on any atom is -0.330 e. The van der Waals surface area contributed by atoms with Crippen molar-refractivity contribution < 1.29 is 0 Å². The van der Waals surface area contributed by atoms with E-state index in [0.717, 1.165) is 19.5 Å². The van der Waals surface area contributed by atoms with E-state index in [0.29, 0.717) is 0 Å². The minimum absolute atomic E-state index is 0.735. The lowest BCUT2D eigenvalue weighted by atomic mass is 10.1. The van der Waals surface area contributed by atoms with Gasteiger partial charge in [-0.25, -0.2) is 0 Å². The Bertz CT molecular complexity index is 353. The Morgan fingerprint density at radius 2 is 1.53 bits per heavy atom. The molecule has 1 fully saturated rings. The molecule has 1 heterocycles. The first-order chi connectivity index (χ1) is 9.31. The smallest absolute Gasteiger partial charge is 0.0234 e. The molecule has 106 valence electrons. The molecule has 0 aliphatic carbocycles. The maximum atomic E-state index is 5.57. The maximum absolute atomic E-state index is 5.57. The first-order valence-corrected chi connectivity index (χ1v) is 7.54. The van der Waals surface area contributed by atoms with Crippen LogP contribution < -0.4 is 5.73 Å². The molecule has 19 heavy (non-hydrogen) atoms. The van der Waals surface area contributed by atoms with Crippen LogP contribution in [0.2, 0.25) is 0 Å². The van der Waals surface area contributed by atoms with Crippen molar-refractivity contribution in [1.82, 2.24) is 9.80 Å². The van der Waals surface area contributed by atoms with E-state index in [1.807, 2.05) is 0 Å². The summed E-state index contributed by atoms with van der Waals surface area (Å²) in [6, 6.07) is 8.94. The van der Waals surface area contributed by atoms with Crippen LogP contribution in [0.1, 0.15) is 24.5 Å². The van der Waals surface area contributed by atoms with Crippen molar-refractivity contribution in [3.8, 4) is 0 Å². The molecule has 0 saturated carbocycles. The lowest BCUT2D eigenvalue weighted by Crippen LogP contribution is -2.45. The zero-order chi connectivity index (χ0) is 13.5. The van der Waals surface area contributed by atoms with Gasteiger partial charge < -0.3 is 10.6 Å². The van der Waals surface area contributed by atoms with Gasteiger partial charge in [-0.05, 0) is 37.1 Å². The quantitative estimate of drug-likeness (QED) is 0.846. The highest BCUT2D eigenvalue weighted by Gasteiger charge is 2.15. The van der Waals surface area contributed by atoms with E-state index in [1.54, 1.807) is 0 Å². The van der Waals surface area contributed by atoms with Gasteiger partial charge in [0.25, 0.3) is 0 Å². The molecule has 1 aliphatic heterocycles. The van der Waals surface area contributed by atoms with E-state index < -0.39 is 0 Å². The van der Waals surface area contributed by atoms with Crippen LogP contribution in [0.3, 0.4) is 0 Å². The number of nitrogens with two attached hydrogens (primary N) is 1. The number of rotatable bonds is 6. The minimum atomic E-state index is 0.735. The average molecular weight is 261 g/mol. The van der Waals surface area contributed by atoms with Crippen molar-refractivity contribution in [2.45, 2.75) is 26.3 Å². The lowest BCUT2D eigenvalue weighted by molar-refractivity contribution is 0.127. The van der Waals surface area contributed by atoms with Gasteiger partial charge in [0, 0.05) is 32.7 Å². The van der Waals surface area contributed by atoms with Crippen LogP contribution in [-0.4, -0.2) is 49.1 Å². The van der Waals surface area contributed by atoms with Gasteiger partial charge in [-0.1, -0.05) is 31.2 Å². The Balaban J connectivity index is 1.78. The lowest BCUT2D eigenvalue weighted by Gasteiger charge is -2.34. The number of hydrogen-bond donors (Lipinski definition) is 1. The molecule has 2 N–H and O–H groups in total. The largest absolute Gasteiger partial charge is 0.330 e. The Morgan fingerprint density at radius 1 is 0.947 bits per heavy atom. The highest BCUT2D eigenvalue weighted by atomic mass is 15.3. The van der Waals surface area contributed by atoms with Gasteiger partial charge in [0.1, 0.15) is 0 Å². The highest BCUT2D eigenvalue weighted by molar-refractivity contribution is 5.22. The third kappa shape index (κ3) is 4.60. The fourth-order valence-electron chi connectivity index (χ4n) is 2.72. The topological polar surface area (TPSA) is 32.5 Å². The predicted molar refractivity (Wildman–Crippen MR) is 81.2 cm³/mol. The molecule has 0 unspecified atom stereocenters. The van der Waals surface area contributed by atoms with Crippen molar-refractivity contribution in [2.24, 2.45) is 5.73 Å². The molecule has 0 atom stereocenters. The second-order valence-electron chi connectivity index (χ2n) is 5.47. The average Bonchev–Trinajstić information content (AvgIpc) is 2.44. The van der Waals surface area contributed by atoms with Gasteiger partial charge in [0.05, 0.1) is 0 Å². The molecule has 1 aromatic rings. The van der Waals surface area contributed by atoms with Crippen molar-refractivity contribution in [2.75, 3.05) is 39.3 Å². The standard InChI is InChI=1S/C16H27N3/c1-2-9-18-10-12-19(13-11-18)14-16-5-3-15(4-6-16)7-8-17/h3-6H,2,7-14,17H2,1H3. The van der Waals surface area contributed by atoms with Gasteiger partial charge >= 0.3 is 0 Å². The second-order valence-corrected chi connectivity index (χ2v) is 5.47. The van der Waals surface area contributed by atoms with Crippen LogP contribution in [0.25, 0.3) is 0 Å². The number of nitrogens with zero attached hydrogens (tertiary/aromatic N) is 2. The molecule has 1 aliphatic rings. The summed E-state index contributed by atoms with van der Waals surface area (Å²) in [7, 11) is 0. The molecule has 0 amide bonds. The molecule has 1 aromatic carbocycles. The molecule has 2 rings (SSSR count). The van der Waals surface area contributed by atoms with Crippen LogP contribution in [0.15, 0.2) is 24.3 Å². The van der Waals surface area contributed by atoms with Gasteiger partial charge in [-0.2, -0.15) is 0 Å². The van der Waals surface area contributed by atoms with E-state index in [1.165, 1.54) is 50.3 Å². The summed E-state index contributed by atoms with van der Waals surface area (Å²) in [6.45, 7) is 10.2. The zero-order valence-corrected chi connectivity index (χ0v) is 12.1. The van der Waals surface area contributed by atoms with Crippen molar-refractivity contribution >= 4 is 0 Å². The molecular weight excluding hydrogens is 234 g/mol. The van der Waals surface area contributed by atoms with E-state index in [-0.39, 0.29) is 0 Å². The van der Waals surface area contributed by atoms with Crippen LogP contribution >= 0.6 is 0 Å². The van der Waals surface area contributed by atoms with Crippen LogP contribution in [0.5, 0.6) is 0 Å². The summed E-state index contributed by atoms with van der Waals surface area (Å²) in [6.07, 6.45) is 2.25. The summed E-state index contributed by atoms with van der Waals surface area (Å²) in [5.41, 5.74) is 8.34. The maximum Gasteiger partial charge on any atom is 0.0234 e. The van der Waals surface area contributed by atoms with Gasteiger partial charge in [-0.15, -0.1) is 0 Å². The molecule has 0 radical (unpaired) electrons. The Kier molecular flexibility index (Phi) is 5.83. The molecule has 1 saturated heterocycles. The summed E-state index contributed by atoms with van der Waals surface area (Å²) in [5.74, 6) is 0. The second kappa shape index (κ2) is 7.63. The summed E-state index contributed by atoms with van der Waals surface area (Å²) < 4.78 is 0. The Morgan fingerprint density at radius 3 is 2.11 bits per heavy atom. The Hall–Kier alpha value is -0.900. The van der Waals surface area contributed by atoms with Crippen molar-refractivity contribution in [3.63, 3.8) is 0 Å². The summed E-state index contributed by atoms with van der Waals surface area (Å²) in [5, 5.41) is 0. The van der Waals surface area contributed by atoms with E-state index in [9.17, 15) is 0 Å². The van der Waals surface area contributed by atoms with Gasteiger partial charge in [-0.3, -0.25) is 4.90 Å².